The summed E-state index contributed by atoms with van der Waals surface area (Å²) in [5, 5.41) is 14.8. The smallest absolute Gasteiger partial charge is 0.255 e. The lowest BCUT2D eigenvalue weighted by molar-refractivity contribution is -0.120. The van der Waals surface area contributed by atoms with Crippen molar-refractivity contribution in [2.45, 2.75) is 25.5 Å². The maximum absolute atomic E-state index is 11.4. The number of pyridine rings is 2. The average Bonchev–Trinajstić information content (AvgIpc) is 3.74. The molecule has 0 atom stereocenters. The molecule has 270 valence electrons. The van der Waals surface area contributed by atoms with E-state index < -0.39 is 11.4 Å². The van der Waals surface area contributed by atoms with Gasteiger partial charge in [0.1, 0.15) is 17.9 Å². The molecule has 8 aromatic rings. The van der Waals surface area contributed by atoms with E-state index in [2.05, 4.69) is 65.6 Å². The minimum absolute atomic E-state index is 0.217. The van der Waals surface area contributed by atoms with Gasteiger partial charge < -0.3 is 15.2 Å². The summed E-state index contributed by atoms with van der Waals surface area (Å²) in [6.07, 6.45) is 0.708. The van der Waals surface area contributed by atoms with Crippen LogP contribution in [0.4, 0.5) is 0 Å². The maximum atomic E-state index is 11.4. The zero-order valence-electron chi connectivity index (χ0n) is 30.1. The predicted molar refractivity (Wildman–Crippen MR) is 211 cm³/mol. The Morgan fingerprint density at radius 1 is 0.691 bits per heavy atom. The summed E-state index contributed by atoms with van der Waals surface area (Å²) >= 11 is 0. The lowest BCUT2D eigenvalue weighted by atomic mass is 9.77. The van der Waals surface area contributed by atoms with Gasteiger partial charge in [0.15, 0.2) is 12.1 Å². The summed E-state index contributed by atoms with van der Waals surface area (Å²) in [6, 6.07) is 52.5. The first-order valence-electron chi connectivity index (χ1n) is 18.0. The number of primary amides is 1. The molecule has 0 aliphatic rings. The minimum Gasteiger partial charge on any atom is -0.486 e. The molecule has 0 radical (unpaired) electrons. The molecule has 10 nitrogen and oxygen atoms in total. The Labute approximate surface area is 318 Å². The fraction of sp³-hybridized carbons (Fsp3) is 0.111. The number of aryl methyl sites for hydroxylation is 1. The molecule has 0 fully saturated rings. The molecule has 0 bridgehead atoms. The number of hydrogen-bond donors (Lipinski definition) is 1. The SMILES string of the molecule is CCc1cc(OCc2ccc(-c3ccccc3)c(-c3nnn(C(c4ccccc4)(c4ccccc4)c4ccccc4)n3)c2)c2nc(OCC(N)=O)ccc2n1. The van der Waals surface area contributed by atoms with E-state index in [0.717, 1.165) is 44.6 Å². The second-order valence-corrected chi connectivity index (χ2v) is 13.0. The number of aromatic nitrogens is 6. The molecule has 0 spiro atoms. The molecule has 3 aromatic heterocycles. The van der Waals surface area contributed by atoms with Gasteiger partial charge in [0.25, 0.3) is 5.91 Å². The summed E-state index contributed by atoms with van der Waals surface area (Å²) in [5.74, 6) is 0.673. The molecule has 0 aliphatic heterocycles. The summed E-state index contributed by atoms with van der Waals surface area (Å²) in [7, 11) is 0. The van der Waals surface area contributed by atoms with Crippen molar-refractivity contribution in [1.29, 1.82) is 0 Å². The van der Waals surface area contributed by atoms with Gasteiger partial charge in [-0.15, -0.1) is 15.0 Å². The van der Waals surface area contributed by atoms with Crippen LogP contribution < -0.4 is 15.2 Å². The van der Waals surface area contributed by atoms with Gasteiger partial charge in [-0.1, -0.05) is 140 Å². The molecular weight excluding hydrogens is 687 g/mol. The van der Waals surface area contributed by atoms with Crippen molar-refractivity contribution >= 4 is 16.9 Å². The normalized spacial score (nSPS) is 11.4. The van der Waals surface area contributed by atoms with Gasteiger partial charge >= 0.3 is 0 Å². The summed E-state index contributed by atoms with van der Waals surface area (Å²) in [5.41, 5.74) is 13.0. The number of nitrogens with two attached hydrogens (primary N) is 1. The van der Waals surface area contributed by atoms with E-state index in [9.17, 15) is 4.79 Å². The molecule has 3 heterocycles. The number of rotatable bonds is 13. The quantitative estimate of drug-likeness (QED) is 0.119. The molecule has 0 unspecified atom stereocenters. The number of hydrogen-bond acceptors (Lipinski definition) is 8. The van der Waals surface area contributed by atoms with Crippen LogP contribution in [0.1, 0.15) is 34.9 Å². The minimum atomic E-state index is -0.922. The second kappa shape index (κ2) is 15.4. The lowest BCUT2D eigenvalue weighted by Crippen LogP contribution is -2.39. The van der Waals surface area contributed by atoms with Crippen LogP contribution in [0.2, 0.25) is 0 Å². The number of benzene rings is 5. The highest BCUT2D eigenvalue weighted by atomic mass is 16.5. The Morgan fingerprint density at radius 3 is 1.91 bits per heavy atom. The first-order valence-corrected chi connectivity index (χ1v) is 18.0. The van der Waals surface area contributed by atoms with Crippen molar-refractivity contribution in [2.24, 2.45) is 5.73 Å². The first-order chi connectivity index (χ1) is 27.0. The highest BCUT2D eigenvalue weighted by Crippen LogP contribution is 2.40. The summed E-state index contributed by atoms with van der Waals surface area (Å²) in [6.45, 7) is 1.97. The molecule has 2 N–H and O–H groups in total. The Balaban J connectivity index is 1.23. The van der Waals surface area contributed by atoms with E-state index in [1.165, 1.54) is 0 Å². The fourth-order valence-corrected chi connectivity index (χ4v) is 6.87. The number of carbonyl (C=O) groups excluding carboxylic acids is 1. The molecule has 55 heavy (non-hydrogen) atoms. The second-order valence-electron chi connectivity index (χ2n) is 13.0. The van der Waals surface area contributed by atoms with Crippen LogP contribution in [0.3, 0.4) is 0 Å². The lowest BCUT2D eigenvalue weighted by Gasteiger charge is -2.34. The largest absolute Gasteiger partial charge is 0.486 e. The van der Waals surface area contributed by atoms with Gasteiger partial charge in [-0.05, 0) is 57.1 Å². The van der Waals surface area contributed by atoms with Crippen molar-refractivity contribution in [1.82, 2.24) is 30.2 Å². The van der Waals surface area contributed by atoms with Crippen LogP contribution in [-0.4, -0.2) is 42.7 Å². The Kier molecular flexibility index (Phi) is 9.77. The van der Waals surface area contributed by atoms with E-state index in [0.29, 0.717) is 29.0 Å². The van der Waals surface area contributed by atoms with Crippen molar-refractivity contribution in [2.75, 3.05) is 6.61 Å². The van der Waals surface area contributed by atoms with Crippen LogP contribution in [0.15, 0.2) is 158 Å². The molecule has 0 aliphatic carbocycles. The molecular formula is C45H37N7O3. The van der Waals surface area contributed by atoms with E-state index in [4.69, 9.17) is 35.6 Å². The number of fused-ring (bicyclic) bond motifs is 1. The molecule has 5 aromatic carbocycles. The van der Waals surface area contributed by atoms with E-state index in [1.54, 1.807) is 16.9 Å². The third kappa shape index (κ3) is 7.00. The van der Waals surface area contributed by atoms with Gasteiger partial charge in [-0.3, -0.25) is 9.78 Å². The van der Waals surface area contributed by atoms with E-state index in [-0.39, 0.29) is 19.1 Å². The van der Waals surface area contributed by atoms with Crippen molar-refractivity contribution in [3.63, 3.8) is 0 Å². The first kappa shape index (κ1) is 34.9. The van der Waals surface area contributed by atoms with Gasteiger partial charge in [-0.2, -0.15) is 0 Å². The summed E-state index contributed by atoms with van der Waals surface area (Å²) < 4.78 is 12.0. The highest BCUT2D eigenvalue weighted by molar-refractivity contribution is 5.83. The third-order valence-electron chi connectivity index (χ3n) is 9.46. The number of carbonyl (C=O) groups is 1. The Morgan fingerprint density at radius 2 is 1.31 bits per heavy atom. The Bertz CT molecular complexity index is 2470. The van der Waals surface area contributed by atoms with Gasteiger partial charge in [-0.25, -0.2) is 4.98 Å². The van der Waals surface area contributed by atoms with Crippen LogP contribution in [0.25, 0.3) is 33.5 Å². The topological polar surface area (TPSA) is 131 Å². The zero-order chi connectivity index (χ0) is 37.6. The number of ether oxygens (including phenoxy) is 2. The van der Waals surface area contributed by atoms with Crippen LogP contribution in [0.5, 0.6) is 11.6 Å². The van der Waals surface area contributed by atoms with Crippen LogP contribution >= 0.6 is 0 Å². The molecule has 8 rings (SSSR count). The third-order valence-corrected chi connectivity index (χ3v) is 9.46. The highest BCUT2D eigenvalue weighted by Gasteiger charge is 2.41. The fourth-order valence-electron chi connectivity index (χ4n) is 6.87. The van der Waals surface area contributed by atoms with Crippen molar-refractivity contribution < 1.29 is 14.3 Å². The van der Waals surface area contributed by atoms with E-state index in [1.807, 2.05) is 91.9 Å². The van der Waals surface area contributed by atoms with Crippen LogP contribution in [0, 0.1) is 0 Å². The standard InChI is InChI=1S/C45H37N7O3/c1-2-36-28-40(43-39(47-36)25-26-42(48-43)55-30-41(46)53)54-29-31-23-24-37(32-15-7-3-8-16-32)38(27-31)44-49-51-52(50-44)45(33-17-9-4-10-18-33,34-19-11-5-12-20-34)35-21-13-6-14-22-35/h3-28H,2,29-30H2,1H3,(H2,46,53). The molecule has 0 saturated heterocycles. The van der Waals surface area contributed by atoms with Gasteiger partial charge in [0.05, 0.1) is 5.52 Å². The number of nitrogens with zero attached hydrogens (tertiary/aromatic N) is 6. The van der Waals surface area contributed by atoms with E-state index >= 15 is 0 Å². The summed E-state index contributed by atoms with van der Waals surface area (Å²) in [4.78, 5) is 22.4. The molecule has 0 saturated carbocycles. The average molecular weight is 724 g/mol. The van der Waals surface area contributed by atoms with Crippen LogP contribution in [-0.2, 0) is 23.4 Å². The van der Waals surface area contributed by atoms with Crippen molar-refractivity contribution in [3.8, 4) is 34.1 Å². The molecule has 1 amide bonds. The van der Waals surface area contributed by atoms with Gasteiger partial charge in [0.2, 0.25) is 11.7 Å². The maximum Gasteiger partial charge on any atom is 0.255 e. The Hall–Kier alpha value is -7.20. The zero-order valence-corrected chi connectivity index (χ0v) is 30.1. The number of tetrazole rings is 1. The monoisotopic (exact) mass is 723 g/mol. The number of amides is 1. The molecule has 10 heteroatoms. The predicted octanol–water partition coefficient (Wildman–Crippen LogP) is 7.80. The van der Waals surface area contributed by atoms with Gasteiger partial charge in [0, 0.05) is 23.4 Å². The van der Waals surface area contributed by atoms with Crippen molar-refractivity contribution in [3.05, 3.63) is 186 Å².